The highest BCUT2D eigenvalue weighted by atomic mass is 16.2. The number of likely N-dealkylation sites (tertiary alicyclic amines) is 1. The van der Waals surface area contributed by atoms with Gasteiger partial charge in [-0.15, -0.1) is 0 Å². The fourth-order valence-corrected chi connectivity index (χ4v) is 4.07. The van der Waals surface area contributed by atoms with E-state index >= 15 is 0 Å². The summed E-state index contributed by atoms with van der Waals surface area (Å²) < 4.78 is 0. The van der Waals surface area contributed by atoms with Gasteiger partial charge in [0.2, 0.25) is 11.8 Å². The molecule has 0 aromatic rings. The first-order chi connectivity index (χ1) is 10.2. The third-order valence-corrected chi connectivity index (χ3v) is 5.25. The normalized spacial score (nSPS) is 32.3. The molecule has 2 N–H and O–H groups in total. The van der Waals surface area contributed by atoms with Gasteiger partial charge in [-0.3, -0.25) is 9.59 Å². The third-order valence-electron chi connectivity index (χ3n) is 5.25. The summed E-state index contributed by atoms with van der Waals surface area (Å²) in [6.07, 6.45) is 8.66. The van der Waals surface area contributed by atoms with Gasteiger partial charge in [0.15, 0.2) is 0 Å². The SMILES string of the molecule is O=C(NCCCN1CCCC1=O)C1CC2CCCCC2N1. The summed E-state index contributed by atoms with van der Waals surface area (Å²) in [7, 11) is 0. The van der Waals surface area contributed by atoms with Crippen LogP contribution in [0.2, 0.25) is 0 Å². The predicted molar refractivity (Wildman–Crippen MR) is 80.7 cm³/mol. The first kappa shape index (κ1) is 14.8. The van der Waals surface area contributed by atoms with E-state index in [9.17, 15) is 9.59 Å². The molecule has 1 aliphatic carbocycles. The molecule has 21 heavy (non-hydrogen) atoms. The van der Waals surface area contributed by atoms with Crippen molar-refractivity contribution in [2.24, 2.45) is 5.92 Å². The topological polar surface area (TPSA) is 61.4 Å². The van der Waals surface area contributed by atoms with Crippen LogP contribution in [0.3, 0.4) is 0 Å². The lowest BCUT2D eigenvalue weighted by Crippen LogP contribution is -2.43. The van der Waals surface area contributed by atoms with E-state index in [-0.39, 0.29) is 17.9 Å². The average Bonchev–Trinajstić information content (AvgIpc) is 3.09. The molecule has 0 aromatic heterocycles. The summed E-state index contributed by atoms with van der Waals surface area (Å²) in [5.74, 6) is 1.12. The highest BCUT2D eigenvalue weighted by Gasteiger charge is 2.37. The van der Waals surface area contributed by atoms with Crippen molar-refractivity contribution in [3.63, 3.8) is 0 Å². The standard InChI is InChI=1S/C16H27N3O2/c20-15-7-3-9-19(15)10-4-8-17-16(21)14-11-12-5-1-2-6-13(12)18-14/h12-14,18H,1-11H2,(H,17,21). The fraction of sp³-hybridized carbons (Fsp3) is 0.875. The molecule has 0 bridgehead atoms. The first-order valence-electron chi connectivity index (χ1n) is 8.55. The van der Waals surface area contributed by atoms with Crippen LogP contribution in [0.5, 0.6) is 0 Å². The zero-order chi connectivity index (χ0) is 14.7. The minimum atomic E-state index is 0.00604. The van der Waals surface area contributed by atoms with Crippen molar-refractivity contribution in [2.75, 3.05) is 19.6 Å². The molecule has 5 nitrogen and oxygen atoms in total. The van der Waals surface area contributed by atoms with E-state index in [1.807, 2.05) is 4.90 Å². The van der Waals surface area contributed by atoms with Crippen molar-refractivity contribution < 1.29 is 9.59 Å². The van der Waals surface area contributed by atoms with Crippen molar-refractivity contribution in [3.05, 3.63) is 0 Å². The van der Waals surface area contributed by atoms with Crippen LogP contribution in [-0.2, 0) is 9.59 Å². The van der Waals surface area contributed by atoms with Crippen molar-refractivity contribution >= 4 is 11.8 Å². The molecule has 118 valence electrons. The molecule has 2 saturated heterocycles. The van der Waals surface area contributed by atoms with E-state index < -0.39 is 0 Å². The zero-order valence-electron chi connectivity index (χ0n) is 12.8. The molecule has 3 atom stereocenters. The molecule has 0 aromatic carbocycles. The zero-order valence-corrected chi connectivity index (χ0v) is 12.8. The van der Waals surface area contributed by atoms with Crippen molar-refractivity contribution in [3.8, 4) is 0 Å². The number of fused-ring (bicyclic) bond motifs is 1. The second-order valence-corrected chi connectivity index (χ2v) is 6.73. The molecule has 2 amide bonds. The van der Waals surface area contributed by atoms with E-state index in [1.165, 1.54) is 25.7 Å². The number of hydrogen-bond acceptors (Lipinski definition) is 3. The van der Waals surface area contributed by atoms with Crippen molar-refractivity contribution in [1.82, 2.24) is 15.5 Å². The maximum Gasteiger partial charge on any atom is 0.237 e. The predicted octanol–water partition coefficient (Wildman–Crippen LogP) is 1.04. The third kappa shape index (κ3) is 3.57. The molecule has 3 unspecified atom stereocenters. The summed E-state index contributed by atoms with van der Waals surface area (Å²) in [6, 6.07) is 0.572. The molecule has 3 aliphatic rings. The lowest BCUT2D eigenvalue weighted by Gasteiger charge is -2.24. The monoisotopic (exact) mass is 293 g/mol. The van der Waals surface area contributed by atoms with Gasteiger partial charge in [-0.05, 0) is 38.0 Å². The van der Waals surface area contributed by atoms with Gasteiger partial charge in [0.25, 0.3) is 0 Å². The van der Waals surface area contributed by atoms with Crippen molar-refractivity contribution in [2.45, 2.75) is 63.5 Å². The lowest BCUT2D eigenvalue weighted by molar-refractivity contribution is -0.127. The van der Waals surface area contributed by atoms with Crippen LogP contribution < -0.4 is 10.6 Å². The summed E-state index contributed by atoms with van der Waals surface area (Å²) >= 11 is 0. The molecule has 2 heterocycles. The van der Waals surface area contributed by atoms with Gasteiger partial charge in [-0.1, -0.05) is 12.8 Å². The second-order valence-electron chi connectivity index (χ2n) is 6.73. The van der Waals surface area contributed by atoms with E-state index in [4.69, 9.17) is 0 Å². The van der Waals surface area contributed by atoms with E-state index in [1.54, 1.807) is 0 Å². The van der Waals surface area contributed by atoms with Gasteiger partial charge in [-0.2, -0.15) is 0 Å². The summed E-state index contributed by atoms with van der Waals surface area (Å²) in [6.45, 7) is 2.35. The van der Waals surface area contributed by atoms with Crippen LogP contribution in [-0.4, -0.2) is 48.4 Å². The van der Waals surface area contributed by atoms with Crippen LogP contribution in [0.4, 0.5) is 0 Å². The summed E-state index contributed by atoms with van der Waals surface area (Å²) in [4.78, 5) is 25.6. The molecule has 0 spiro atoms. The second kappa shape index (κ2) is 6.77. The fourth-order valence-electron chi connectivity index (χ4n) is 4.07. The number of nitrogens with one attached hydrogen (secondary N) is 2. The molecular formula is C16H27N3O2. The van der Waals surface area contributed by atoms with Crippen LogP contribution in [0, 0.1) is 5.92 Å². The summed E-state index contributed by atoms with van der Waals surface area (Å²) in [5, 5.41) is 6.54. The van der Waals surface area contributed by atoms with Gasteiger partial charge < -0.3 is 15.5 Å². The number of hydrogen-bond donors (Lipinski definition) is 2. The Labute approximate surface area is 126 Å². The van der Waals surface area contributed by atoms with E-state index in [2.05, 4.69) is 10.6 Å². The highest BCUT2D eigenvalue weighted by Crippen LogP contribution is 2.33. The Morgan fingerprint density at radius 1 is 1.29 bits per heavy atom. The van der Waals surface area contributed by atoms with Crippen LogP contribution in [0.25, 0.3) is 0 Å². The molecule has 0 radical (unpaired) electrons. The first-order valence-corrected chi connectivity index (χ1v) is 8.55. The summed E-state index contributed by atoms with van der Waals surface area (Å²) in [5.41, 5.74) is 0. The Hall–Kier alpha value is -1.10. The van der Waals surface area contributed by atoms with E-state index in [0.29, 0.717) is 24.9 Å². The Bertz CT molecular complexity index is 385. The Balaban J connectivity index is 1.34. The Morgan fingerprint density at radius 2 is 2.14 bits per heavy atom. The molecular weight excluding hydrogens is 266 g/mol. The Morgan fingerprint density at radius 3 is 2.90 bits per heavy atom. The lowest BCUT2D eigenvalue weighted by atomic mass is 9.85. The molecule has 1 saturated carbocycles. The van der Waals surface area contributed by atoms with Gasteiger partial charge in [0, 0.05) is 32.1 Å². The number of amides is 2. The smallest absolute Gasteiger partial charge is 0.237 e. The van der Waals surface area contributed by atoms with Crippen LogP contribution in [0.1, 0.15) is 51.4 Å². The Kier molecular flexibility index (Phi) is 4.78. The number of carbonyl (C=O) groups excluding carboxylic acids is 2. The maximum absolute atomic E-state index is 12.2. The minimum absolute atomic E-state index is 0.00604. The van der Waals surface area contributed by atoms with Gasteiger partial charge >= 0.3 is 0 Å². The van der Waals surface area contributed by atoms with Crippen LogP contribution in [0.15, 0.2) is 0 Å². The minimum Gasteiger partial charge on any atom is -0.355 e. The van der Waals surface area contributed by atoms with Gasteiger partial charge in [0.1, 0.15) is 0 Å². The average molecular weight is 293 g/mol. The number of carbonyl (C=O) groups is 2. The number of rotatable bonds is 5. The van der Waals surface area contributed by atoms with Gasteiger partial charge in [0.05, 0.1) is 6.04 Å². The molecule has 3 rings (SSSR count). The largest absolute Gasteiger partial charge is 0.355 e. The quantitative estimate of drug-likeness (QED) is 0.745. The van der Waals surface area contributed by atoms with Gasteiger partial charge in [-0.25, -0.2) is 0 Å². The molecule has 5 heteroatoms. The maximum atomic E-state index is 12.2. The molecule has 3 fully saturated rings. The van der Waals surface area contributed by atoms with E-state index in [0.717, 1.165) is 32.4 Å². The highest BCUT2D eigenvalue weighted by molar-refractivity contribution is 5.82. The van der Waals surface area contributed by atoms with Crippen molar-refractivity contribution in [1.29, 1.82) is 0 Å². The van der Waals surface area contributed by atoms with Crippen LogP contribution >= 0.6 is 0 Å². The number of nitrogens with zero attached hydrogens (tertiary/aromatic N) is 1. The molecule has 2 aliphatic heterocycles.